The van der Waals surface area contributed by atoms with E-state index in [0.717, 1.165) is 8.04 Å². The summed E-state index contributed by atoms with van der Waals surface area (Å²) in [5.41, 5.74) is 5.31. The van der Waals surface area contributed by atoms with E-state index in [2.05, 4.69) is 54.7 Å². The summed E-state index contributed by atoms with van der Waals surface area (Å²) < 4.78 is 7.03. The summed E-state index contributed by atoms with van der Waals surface area (Å²) in [7, 11) is 0. The van der Waals surface area contributed by atoms with Gasteiger partial charge in [-0.1, -0.05) is 28.1 Å². The van der Waals surface area contributed by atoms with Crippen LogP contribution in [-0.2, 0) is 4.79 Å². The highest BCUT2D eigenvalue weighted by molar-refractivity contribution is 14.1. The van der Waals surface area contributed by atoms with Crippen molar-refractivity contribution in [1.82, 2.24) is 16.2 Å². The second kappa shape index (κ2) is 9.68. The Bertz CT molecular complexity index is 786. The van der Waals surface area contributed by atoms with Crippen LogP contribution in [0.5, 0.6) is 5.75 Å². The van der Waals surface area contributed by atoms with Crippen molar-refractivity contribution in [1.29, 1.82) is 0 Å². The summed E-state index contributed by atoms with van der Waals surface area (Å²) in [5.74, 6) is -0.232. The molecule has 130 valence electrons. The number of ether oxygens (including phenoxy) is 1. The number of hydrogen-bond acceptors (Lipinski definition) is 4. The Balaban J connectivity index is 1.74. The number of carbonyl (C=O) groups is 2. The minimum absolute atomic E-state index is 0.0124. The highest BCUT2D eigenvalue weighted by Gasteiger charge is 2.11. The number of carbonyl (C=O) groups excluding carboxylic acids is 2. The molecule has 0 aliphatic rings. The van der Waals surface area contributed by atoms with Crippen molar-refractivity contribution in [3.8, 4) is 5.75 Å². The maximum absolute atomic E-state index is 12.1. The molecule has 0 saturated heterocycles. The van der Waals surface area contributed by atoms with Gasteiger partial charge in [0.2, 0.25) is 0 Å². The fourth-order valence-electron chi connectivity index (χ4n) is 1.69. The number of amides is 2. The number of halogens is 2. The molecule has 6 nitrogen and oxygen atoms in total. The largest absolute Gasteiger partial charge is 0.484 e. The third-order valence-electron chi connectivity index (χ3n) is 2.84. The highest BCUT2D eigenvalue weighted by Crippen LogP contribution is 2.15. The maximum atomic E-state index is 12.1. The first-order valence-electron chi connectivity index (χ1n) is 6.99. The summed E-state index contributed by atoms with van der Waals surface area (Å²) in [6, 6.07) is 14.2. The summed E-state index contributed by atoms with van der Waals surface area (Å²) in [4.78, 5) is 23.8. The van der Waals surface area contributed by atoms with Crippen LogP contribution in [0, 0.1) is 3.57 Å². The molecule has 2 aromatic rings. The van der Waals surface area contributed by atoms with Gasteiger partial charge in [0.25, 0.3) is 11.8 Å². The molecule has 2 rings (SSSR count). The minimum Gasteiger partial charge on any atom is -0.484 e. The van der Waals surface area contributed by atoms with E-state index in [1.807, 2.05) is 12.1 Å². The Kier molecular flexibility index (Phi) is 7.59. The van der Waals surface area contributed by atoms with Gasteiger partial charge in [0.05, 0.1) is 5.56 Å². The van der Waals surface area contributed by atoms with Crippen LogP contribution in [0.2, 0.25) is 0 Å². The lowest BCUT2D eigenvalue weighted by Gasteiger charge is -2.12. The van der Waals surface area contributed by atoms with Crippen molar-refractivity contribution < 1.29 is 14.3 Å². The number of nitrogens with one attached hydrogen (secondary N) is 3. The molecule has 0 aromatic heterocycles. The topological polar surface area (TPSA) is 79.5 Å². The Morgan fingerprint density at radius 3 is 2.44 bits per heavy atom. The van der Waals surface area contributed by atoms with Gasteiger partial charge < -0.3 is 4.74 Å². The van der Waals surface area contributed by atoms with Crippen LogP contribution >= 0.6 is 50.7 Å². The molecule has 0 atom stereocenters. The predicted octanol–water partition coefficient (Wildman–Crippen LogP) is 2.77. The van der Waals surface area contributed by atoms with Crippen LogP contribution in [0.25, 0.3) is 0 Å². The molecular weight excluding hydrogens is 521 g/mol. The van der Waals surface area contributed by atoms with Crippen LogP contribution in [0.1, 0.15) is 10.4 Å². The number of hydrogen-bond donors (Lipinski definition) is 3. The van der Waals surface area contributed by atoms with Crippen LogP contribution in [-0.4, -0.2) is 23.5 Å². The molecule has 2 amide bonds. The van der Waals surface area contributed by atoms with E-state index in [4.69, 9.17) is 17.0 Å². The summed E-state index contributed by atoms with van der Waals surface area (Å²) in [5, 5.41) is 2.48. The van der Waals surface area contributed by atoms with Gasteiger partial charge in [0.15, 0.2) is 11.7 Å². The minimum atomic E-state index is -0.436. The van der Waals surface area contributed by atoms with Gasteiger partial charge in [-0.3, -0.25) is 25.8 Å². The van der Waals surface area contributed by atoms with Gasteiger partial charge in [-0.15, -0.1) is 0 Å². The highest BCUT2D eigenvalue weighted by atomic mass is 127. The molecule has 0 saturated carbocycles. The molecule has 0 spiro atoms. The Morgan fingerprint density at radius 2 is 1.76 bits per heavy atom. The molecule has 3 N–H and O–H groups in total. The molecule has 2 aromatic carbocycles. The molecule has 0 radical (unpaired) electrons. The molecule has 0 bridgehead atoms. The Morgan fingerprint density at radius 1 is 1.08 bits per heavy atom. The van der Waals surface area contributed by atoms with Gasteiger partial charge in [0, 0.05) is 8.04 Å². The quantitative estimate of drug-likeness (QED) is 0.320. The Labute approximate surface area is 171 Å². The lowest BCUT2D eigenvalue weighted by molar-refractivity contribution is -0.123. The molecule has 0 fully saturated rings. The number of hydrazine groups is 1. The second-order valence-electron chi connectivity index (χ2n) is 4.68. The first kappa shape index (κ1) is 19.6. The van der Waals surface area contributed by atoms with Crippen molar-refractivity contribution in [2.24, 2.45) is 0 Å². The predicted molar refractivity (Wildman–Crippen MR) is 110 cm³/mol. The van der Waals surface area contributed by atoms with Crippen LogP contribution in [0.3, 0.4) is 0 Å². The molecule has 25 heavy (non-hydrogen) atoms. The van der Waals surface area contributed by atoms with E-state index in [1.54, 1.807) is 36.4 Å². The molecular formula is C16H13BrIN3O3S. The van der Waals surface area contributed by atoms with Crippen molar-refractivity contribution in [2.75, 3.05) is 6.61 Å². The lowest BCUT2D eigenvalue weighted by Crippen LogP contribution is -2.49. The van der Waals surface area contributed by atoms with Crippen LogP contribution < -0.4 is 20.9 Å². The van der Waals surface area contributed by atoms with Crippen LogP contribution in [0.4, 0.5) is 0 Å². The zero-order valence-corrected chi connectivity index (χ0v) is 17.3. The normalized spacial score (nSPS) is 9.84. The molecule has 0 heterocycles. The van der Waals surface area contributed by atoms with E-state index in [1.165, 1.54) is 0 Å². The average molecular weight is 534 g/mol. The molecule has 0 aliphatic heterocycles. The Hall–Kier alpha value is -1.72. The third-order valence-corrected chi connectivity index (χ3v) is 4.52. The second-order valence-corrected chi connectivity index (χ2v) is 7.16. The number of benzene rings is 2. The zero-order valence-electron chi connectivity index (χ0n) is 12.7. The van der Waals surface area contributed by atoms with Crippen LogP contribution in [0.15, 0.2) is 53.0 Å². The fraction of sp³-hybridized carbons (Fsp3) is 0.0625. The first-order valence-corrected chi connectivity index (χ1v) is 9.27. The fourth-order valence-corrected chi connectivity index (χ4v) is 2.73. The maximum Gasteiger partial charge on any atom is 0.276 e. The molecule has 9 heteroatoms. The zero-order chi connectivity index (χ0) is 18.2. The smallest absolute Gasteiger partial charge is 0.276 e. The number of rotatable bonds is 4. The van der Waals surface area contributed by atoms with E-state index in [9.17, 15) is 9.59 Å². The third kappa shape index (κ3) is 6.59. The lowest BCUT2D eigenvalue weighted by atomic mass is 10.2. The van der Waals surface area contributed by atoms with Crippen molar-refractivity contribution in [2.45, 2.75) is 0 Å². The van der Waals surface area contributed by atoms with Gasteiger partial charge in [0.1, 0.15) is 5.75 Å². The van der Waals surface area contributed by atoms with Crippen molar-refractivity contribution in [3.63, 3.8) is 0 Å². The summed E-state index contributed by atoms with van der Waals surface area (Å²) in [6.07, 6.45) is 0. The van der Waals surface area contributed by atoms with Gasteiger partial charge >= 0.3 is 0 Å². The SMILES string of the molecule is O=C(COc1ccc(Br)cc1)NNC(=S)NC(=O)c1ccccc1I. The summed E-state index contributed by atoms with van der Waals surface area (Å²) >= 11 is 10.3. The van der Waals surface area contributed by atoms with Gasteiger partial charge in [-0.05, 0) is 71.2 Å². The standard InChI is InChI=1S/C16H13BrIN3O3S/c17-10-5-7-11(8-6-10)24-9-14(22)20-21-16(25)19-15(23)12-3-1-2-4-13(12)18/h1-8H,9H2,(H,20,22)(H2,19,21,23,25). The molecule has 0 unspecified atom stereocenters. The van der Waals surface area contributed by atoms with E-state index in [-0.39, 0.29) is 17.6 Å². The summed E-state index contributed by atoms with van der Waals surface area (Å²) in [6.45, 7) is -0.193. The van der Waals surface area contributed by atoms with Crippen molar-refractivity contribution >= 4 is 67.7 Å². The first-order chi connectivity index (χ1) is 12.0. The monoisotopic (exact) mass is 533 g/mol. The van der Waals surface area contributed by atoms with E-state index in [0.29, 0.717) is 11.3 Å². The number of thiocarbonyl (C=S) groups is 1. The van der Waals surface area contributed by atoms with E-state index < -0.39 is 5.91 Å². The molecule has 0 aliphatic carbocycles. The van der Waals surface area contributed by atoms with Crippen molar-refractivity contribution in [3.05, 3.63) is 62.1 Å². The van der Waals surface area contributed by atoms with E-state index >= 15 is 0 Å². The van der Waals surface area contributed by atoms with Gasteiger partial charge in [-0.2, -0.15) is 0 Å². The van der Waals surface area contributed by atoms with Gasteiger partial charge in [-0.25, -0.2) is 0 Å². The average Bonchev–Trinajstić information content (AvgIpc) is 2.59.